The Morgan fingerprint density at radius 3 is 2.50 bits per heavy atom. The van der Waals surface area contributed by atoms with Crippen LogP contribution >= 0.6 is 0 Å². The summed E-state index contributed by atoms with van der Waals surface area (Å²) in [6.07, 6.45) is 0. The van der Waals surface area contributed by atoms with Crippen molar-refractivity contribution in [3.8, 4) is 6.07 Å². The van der Waals surface area contributed by atoms with E-state index in [0.717, 1.165) is 5.56 Å². The van der Waals surface area contributed by atoms with Crippen LogP contribution in [0.4, 0.5) is 11.4 Å². The molecule has 7 nitrogen and oxygen atoms in total. The molecule has 7 heteroatoms. The lowest BCUT2D eigenvalue weighted by molar-refractivity contribution is -0.384. The van der Waals surface area contributed by atoms with E-state index in [0.29, 0.717) is 17.8 Å². The van der Waals surface area contributed by atoms with Crippen molar-refractivity contribution in [1.82, 2.24) is 0 Å². The topological polar surface area (TPSA) is 122 Å². The molecule has 2 rings (SSSR count). The van der Waals surface area contributed by atoms with Crippen molar-refractivity contribution in [2.45, 2.75) is 6.54 Å². The third-order valence-corrected chi connectivity index (χ3v) is 3.04. The largest absolute Gasteiger partial charge is 0.375 e. The predicted octanol–water partition coefficient (Wildman–Crippen LogP) is 2.18. The normalized spacial score (nSPS) is 9.77. The summed E-state index contributed by atoms with van der Waals surface area (Å²) < 4.78 is 0. The van der Waals surface area contributed by atoms with Crippen LogP contribution in [0.3, 0.4) is 0 Å². The highest BCUT2D eigenvalue weighted by molar-refractivity contribution is 5.92. The second kappa shape index (κ2) is 6.37. The number of carbonyl (C=O) groups excluding carboxylic acids is 1. The van der Waals surface area contributed by atoms with Gasteiger partial charge in [-0.3, -0.25) is 14.9 Å². The number of nitriles is 1. The molecule has 2 aromatic rings. The van der Waals surface area contributed by atoms with Crippen molar-refractivity contribution in [2.75, 3.05) is 5.32 Å². The van der Waals surface area contributed by atoms with Gasteiger partial charge in [0.1, 0.15) is 5.69 Å². The molecule has 0 saturated carbocycles. The molecule has 0 aromatic heterocycles. The van der Waals surface area contributed by atoms with Crippen molar-refractivity contribution in [3.63, 3.8) is 0 Å². The molecule has 0 atom stereocenters. The summed E-state index contributed by atoms with van der Waals surface area (Å²) in [4.78, 5) is 21.5. The maximum atomic E-state index is 11.0. The molecular formula is C15H12N4O3. The number of anilines is 1. The first-order valence-corrected chi connectivity index (χ1v) is 6.32. The van der Waals surface area contributed by atoms with Crippen LogP contribution in [-0.2, 0) is 6.54 Å². The van der Waals surface area contributed by atoms with Crippen molar-refractivity contribution in [3.05, 3.63) is 69.3 Å². The smallest absolute Gasteiger partial charge is 0.293 e. The number of benzene rings is 2. The fraction of sp³-hybridized carbons (Fsp3) is 0.0667. The summed E-state index contributed by atoms with van der Waals surface area (Å²) >= 11 is 0. The van der Waals surface area contributed by atoms with Gasteiger partial charge in [0.05, 0.1) is 16.6 Å². The molecule has 0 aliphatic carbocycles. The third kappa shape index (κ3) is 3.37. The van der Waals surface area contributed by atoms with Gasteiger partial charge in [-0.15, -0.1) is 0 Å². The summed E-state index contributed by atoms with van der Waals surface area (Å²) in [6, 6.07) is 12.7. The molecule has 0 aliphatic rings. The highest BCUT2D eigenvalue weighted by Crippen LogP contribution is 2.25. The average Bonchev–Trinajstić information content (AvgIpc) is 2.53. The minimum absolute atomic E-state index is 0.159. The number of hydrogen-bond donors (Lipinski definition) is 2. The van der Waals surface area contributed by atoms with Crippen LogP contribution in [0.15, 0.2) is 42.5 Å². The lowest BCUT2D eigenvalue weighted by Crippen LogP contribution is -2.11. The lowest BCUT2D eigenvalue weighted by atomic mass is 10.1. The number of carbonyl (C=O) groups is 1. The highest BCUT2D eigenvalue weighted by atomic mass is 16.6. The Morgan fingerprint density at radius 1 is 1.27 bits per heavy atom. The van der Waals surface area contributed by atoms with Crippen LogP contribution in [0.2, 0.25) is 0 Å². The highest BCUT2D eigenvalue weighted by Gasteiger charge is 2.14. The van der Waals surface area contributed by atoms with Crippen LogP contribution in [0.5, 0.6) is 0 Å². The SMILES string of the molecule is N#Cc1ccc(NCc2ccc(C(N)=O)cc2)c([N+](=O)[O-])c1. The fourth-order valence-corrected chi connectivity index (χ4v) is 1.89. The average molecular weight is 296 g/mol. The molecule has 0 saturated heterocycles. The first kappa shape index (κ1) is 15.0. The van der Waals surface area contributed by atoms with E-state index < -0.39 is 10.8 Å². The molecule has 0 radical (unpaired) electrons. The Bertz CT molecular complexity index is 763. The molecule has 0 unspecified atom stereocenters. The van der Waals surface area contributed by atoms with E-state index in [1.807, 2.05) is 6.07 Å². The van der Waals surface area contributed by atoms with Gasteiger partial charge in [0.25, 0.3) is 5.69 Å². The molecule has 0 fully saturated rings. The van der Waals surface area contributed by atoms with Crippen molar-refractivity contribution < 1.29 is 9.72 Å². The number of primary amides is 1. The lowest BCUT2D eigenvalue weighted by Gasteiger charge is -2.08. The number of nitrogens with one attached hydrogen (secondary N) is 1. The first-order chi connectivity index (χ1) is 10.5. The van der Waals surface area contributed by atoms with E-state index in [1.165, 1.54) is 18.2 Å². The van der Waals surface area contributed by atoms with Crippen LogP contribution in [-0.4, -0.2) is 10.8 Å². The van der Waals surface area contributed by atoms with Crippen molar-refractivity contribution in [1.29, 1.82) is 5.26 Å². The summed E-state index contributed by atoms with van der Waals surface area (Å²) in [6.45, 7) is 0.339. The van der Waals surface area contributed by atoms with Gasteiger partial charge in [0.2, 0.25) is 5.91 Å². The zero-order valence-corrected chi connectivity index (χ0v) is 11.4. The number of nitro benzene ring substituents is 1. The third-order valence-electron chi connectivity index (χ3n) is 3.04. The summed E-state index contributed by atoms with van der Waals surface area (Å²) in [7, 11) is 0. The maximum absolute atomic E-state index is 11.0. The van der Waals surface area contributed by atoms with Gasteiger partial charge in [-0.2, -0.15) is 5.26 Å². The first-order valence-electron chi connectivity index (χ1n) is 6.32. The molecular weight excluding hydrogens is 284 g/mol. The number of hydrogen-bond acceptors (Lipinski definition) is 5. The quantitative estimate of drug-likeness (QED) is 0.646. The fourth-order valence-electron chi connectivity index (χ4n) is 1.89. The second-order valence-electron chi connectivity index (χ2n) is 4.52. The number of nitro groups is 1. The van der Waals surface area contributed by atoms with Crippen LogP contribution in [0.1, 0.15) is 21.5 Å². The Labute approximate surface area is 126 Å². The predicted molar refractivity (Wildman–Crippen MR) is 80.1 cm³/mol. The number of nitrogens with two attached hydrogens (primary N) is 1. The van der Waals surface area contributed by atoms with Crippen LogP contribution in [0, 0.1) is 21.4 Å². The van der Waals surface area contributed by atoms with E-state index in [1.54, 1.807) is 24.3 Å². The Kier molecular flexibility index (Phi) is 4.34. The number of nitrogens with zero attached hydrogens (tertiary/aromatic N) is 2. The molecule has 0 bridgehead atoms. The minimum atomic E-state index is -0.542. The van der Waals surface area contributed by atoms with Gasteiger partial charge in [-0.1, -0.05) is 12.1 Å². The number of rotatable bonds is 5. The van der Waals surface area contributed by atoms with Crippen LogP contribution < -0.4 is 11.1 Å². The van der Waals surface area contributed by atoms with Crippen LogP contribution in [0.25, 0.3) is 0 Å². The molecule has 110 valence electrons. The molecule has 1 amide bonds. The molecule has 3 N–H and O–H groups in total. The van der Waals surface area contributed by atoms with Gasteiger partial charge in [0.15, 0.2) is 0 Å². The standard InChI is InChI=1S/C15H12N4O3/c16-8-11-3-6-13(14(7-11)19(21)22)18-9-10-1-4-12(5-2-10)15(17)20/h1-7,18H,9H2,(H2,17,20). The van der Waals surface area contributed by atoms with E-state index >= 15 is 0 Å². The maximum Gasteiger partial charge on any atom is 0.293 e. The van der Waals surface area contributed by atoms with E-state index in [-0.39, 0.29) is 11.3 Å². The van der Waals surface area contributed by atoms with Crippen molar-refractivity contribution in [2.24, 2.45) is 5.73 Å². The van der Waals surface area contributed by atoms with E-state index in [2.05, 4.69) is 5.32 Å². The van der Waals surface area contributed by atoms with E-state index in [9.17, 15) is 14.9 Å². The van der Waals surface area contributed by atoms with Gasteiger partial charge >= 0.3 is 0 Å². The Hall–Kier alpha value is -3.40. The van der Waals surface area contributed by atoms with Crippen molar-refractivity contribution >= 4 is 17.3 Å². The molecule has 0 heterocycles. The van der Waals surface area contributed by atoms with Gasteiger partial charge in [0, 0.05) is 18.2 Å². The molecule has 0 spiro atoms. The number of amides is 1. The molecule has 22 heavy (non-hydrogen) atoms. The zero-order valence-electron chi connectivity index (χ0n) is 11.4. The van der Waals surface area contributed by atoms with E-state index in [4.69, 9.17) is 11.0 Å². The summed E-state index contributed by atoms with van der Waals surface area (Å²) in [5.74, 6) is -0.512. The second-order valence-corrected chi connectivity index (χ2v) is 4.52. The van der Waals surface area contributed by atoms with Gasteiger partial charge < -0.3 is 11.1 Å². The molecule has 0 aliphatic heterocycles. The zero-order chi connectivity index (χ0) is 16.1. The van der Waals surface area contributed by atoms with Gasteiger partial charge in [-0.25, -0.2) is 0 Å². The summed E-state index contributed by atoms with van der Waals surface area (Å²) in [5, 5.41) is 22.8. The minimum Gasteiger partial charge on any atom is -0.375 e. The Balaban J connectivity index is 2.16. The summed E-state index contributed by atoms with van der Waals surface area (Å²) in [5.41, 5.74) is 6.77. The monoisotopic (exact) mass is 296 g/mol. The Morgan fingerprint density at radius 2 is 1.95 bits per heavy atom. The van der Waals surface area contributed by atoms with Gasteiger partial charge in [-0.05, 0) is 29.8 Å². The molecule has 2 aromatic carbocycles.